The first-order valence-electron chi connectivity index (χ1n) is 1.60. The van der Waals surface area contributed by atoms with Crippen LogP contribution in [0.5, 0.6) is 0 Å². The molecule has 0 fully saturated rings. The first-order valence-corrected chi connectivity index (χ1v) is 10.2. The molecule has 0 radical (unpaired) electrons. The third-order valence-corrected chi connectivity index (χ3v) is 0. The van der Waals surface area contributed by atoms with E-state index in [4.69, 9.17) is 59.3 Å². The largest absolute Gasteiger partial charge is 0.108 e. The van der Waals surface area contributed by atoms with Crippen molar-refractivity contribution >= 4 is 37.2 Å². The van der Waals surface area contributed by atoms with Gasteiger partial charge in [0, 0.05) is 0 Å². The molecule has 0 heterocycles. The molecule has 0 amide bonds. The third kappa shape index (κ3) is 3100. The number of rotatable bonds is 0. The van der Waals surface area contributed by atoms with Gasteiger partial charge in [0.25, 0.3) is 0 Å². The van der Waals surface area contributed by atoms with Crippen molar-refractivity contribution < 1.29 is 12.3 Å². The van der Waals surface area contributed by atoms with Gasteiger partial charge in [0.2, 0.25) is 0 Å². The second-order valence-electron chi connectivity index (χ2n) is 0.629. The number of halogens is 4. The molecule has 11 heteroatoms. The molecule has 0 aromatic heterocycles. The van der Waals surface area contributed by atoms with Crippen molar-refractivity contribution in [3.8, 4) is 0 Å². The molecule has 0 bridgehead atoms. The summed E-state index contributed by atoms with van der Waals surface area (Å²) < 4.78 is 0. The van der Waals surface area contributed by atoms with Gasteiger partial charge in [-0.15, -0.1) is 11.1 Å². The summed E-state index contributed by atoms with van der Waals surface area (Å²) in [6.45, 7) is 0. The Bertz CT molecular complexity index is 117. The summed E-state index contributed by atoms with van der Waals surface area (Å²) in [7, 11) is 20.1. The van der Waals surface area contributed by atoms with Gasteiger partial charge in [-0.05, 0) is 20.9 Å². The first kappa shape index (κ1) is 17.5. The van der Waals surface area contributed by atoms with Crippen LogP contribution in [0.4, 0.5) is 0 Å². The van der Waals surface area contributed by atoms with Gasteiger partial charge in [0.1, 0.15) is 0 Å². The van der Waals surface area contributed by atoms with E-state index in [1.807, 2.05) is 0 Å². The van der Waals surface area contributed by atoms with Crippen LogP contribution in [0.3, 0.4) is 0 Å². The van der Waals surface area contributed by atoms with Crippen molar-refractivity contribution in [1.82, 2.24) is 0 Å². The third-order valence-electron chi connectivity index (χ3n) is 0. The Morgan fingerprint density at radius 3 is 0.909 bits per heavy atom. The predicted molar refractivity (Wildman–Crippen MR) is 42.3 cm³/mol. The molecule has 0 spiro atoms. The van der Waals surface area contributed by atoms with E-state index in [-0.39, 0.29) is 0 Å². The summed E-state index contributed by atoms with van der Waals surface area (Å²) in [5.74, 6) is 0. The van der Waals surface area contributed by atoms with E-state index in [9.17, 15) is 0 Å². The van der Waals surface area contributed by atoms with Gasteiger partial charge in [-0.2, -0.15) is 0 Å². The number of hydrogen-bond acceptors (Lipinski definition) is 2. The molecule has 0 atom stereocenters. The van der Waals surface area contributed by atoms with Gasteiger partial charge < -0.3 is 0 Å². The summed E-state index contributed by atoms with van der Waals surface area (Å²) in [5, 5.41) is 0. The van der Waals surface area contributed by atoms with Crippen molar-refractivity contribution in [3.05, 3.63) is 20.9 Å². The Labute approximate surface area is 81.1 Å². The monoisotopic (exact) mass is 274 g/mol. The van der Waals surface area contributed by atoms with Crippen LogP contribution in [0.15, 0.2) is 0 Å². The van der Waals surface area contributed by atoms with Gasteiger partial charge in [0.05, 0.1) is 0 Å². The molecule has 0 aliphatic carbocycles. The van der Waals surface area contributed by atoms with E-state index in [2.05, 4.69) is 0 Å². The van der Waals surface area contributed by atoms with E-state index in [1.54, 1.807) is 9.82 Å². The van der Waals surface area contributed by atoms with E-state index < -0.39 is 12.3 Å². The zero-order chi connectivity index (χ0) is 9.91. The molecule has 2 N–H and O–H groups in total. The fraction of sp³-hybridized carbons (Fsp3) is 0. The van der Waals surface area contributed by atoms with Crippen LogP contribution in [0.25, 0.3) is 20.9 Å². The van der Waals surface area contributed by atoms with Crippen molar-refractivity contribution in [2.24, 2.45) is 0 Å². The minimum absolute atomic E-state index is 1.75. The molecule has 0 aliphatic rings. The fourth-order valence-electron chi connectivity index (χ4n) is 0. The maximum Gasteiger partial charge on any atom is -0.00208 e. The molecular formula is H2Cl4N6Ti. The molecule has 0 unspecified atom stereocenters. The summed E-state index contributed by atoms with van der Waals surface area (Å²) >= 11 is -3.11. The minimum Gasteiger partial charge on any atom is -0.108 e. The van der Waals surface area contributed by atoms with Gasteiger partial charge >= 0.3 is 49.6 Å². The molecule has 0 aromatic carbocycles. The van der Waals surface area contributed by atoms with Crippen LogP contribution < -0.4 is 0 Å². The molecule has 64 valence electrons. The van der Waals surface area contributed by atoms with Crippen molar-refractivity contribution in [2.45, 2.75) is 0 Å². The van der Waals surface area contributed by atoms with Gasteiger partial charge in [-0.1, -0.05) is 0 Å². The Morgan fingerprint density at radius 2 is 0.909 bits per heavy atom. The molecule has 6 nitrogen and oxygen atoms in total. The fourth-order valence-corrected chi connectivity index (χ4v) is 0. The summed E-state index contributed by atoms with van der Waals surface area (Å²) in [6, 6.07) is 0. The molecule has 0 saturated heterocycles. The summed E-state index contributed by atoms with van der Waals surface area (Å²) in [6.07, 6.45) is 0. The Kier molecular flexibility index (Phi) is 20.9. The van der Waals surface area contributed by atoms with E-state index in [1.165, 1.54) is 0 Å². The second kappa shape index (κ2) is 13.1. The number of nitrogens with zero attached hydrogens (tertiary/aromatic N) is 4. The molecule has 0 aromatic rings. The Hall–Kier alpha value is 0.494. The van der Waals surface area contributed by atoms with Gasteiger partial charge in [0.15, 0.2) is 0 Å². The van der Waals surface area contributed by atoms with Crippen LogP contribution in [-0.4, -0.2) is 0 Å². The zero-order valence-electron chi connectivity index (χ0n) is 4.80. The summed E-state index contributed by atoms with van der Waals surface area (Å²) in [4.78, 5) is 3.50. The Morgan fingerprint density at radius 1 is 0.909 bits per heavy atom. The van der Waals surface area contributed by atoms with Crippen LogP contribution in [-0.2, 0) is 12.3 Å². The van der Waals surface area contributed by atoms with Crippen molar-refractivity contribution in [3.63, 3.8) is 0 Å². The Balaban J connectivity index is -0.0000000933. The van der Waals surface area contributed by atoms with Crippen molar-refractivity contribution in [2.75, 3.05) is 0 Å². The molecular weight excluding hydrogens is 274 g/mol. The van der Waals surface area contributed by atoms with Gasteiger partial charge in [-0.25, -0.2) is 0 Å². The standard InChI is InChI=1S/4ClH.2HN3.Ti/c;;;;2*1-3-2;/h4*1H;2*1H;/q;;;;;;+4/p-4. The molecule has 11 heavy (non-hydrogen) atoms. The minimum atomic E-state index is -3.11. The first-order chi connectivity index (χ1) is 4.83. The molecule has 0 aliphatic heterocycles. The van der Waals surface area contributed by atoms with Gasteiger partial charge in [-0.3, -0.25) is 0 Å². The smallest absolute Gasteiger partial charge is 0.00208 e. The molecule has 0 rings (SSSR count). The van der Waals surface area contributed by atoms with E-state index in [0.29, 0.717) is 0 Å². The number of nitrogens with one attached hydrogen (secondary N) is 2. The predicted octanol–water partition coefficient (Wildman–Crippen LogP) is 4.51. The zero-order valence-corrected chi connectivity index (χ0v) is 9.39. The van der Waals surface area contributed by atoms with Crippen LogP contribution in [0, 0.1) is 11.1 Å². The summed E-state index contributed by atoms with van der Waals surface area (Å²) in [5.41, 5.74) is 24.5. The average molecular weight is 276 g/mol. The second-order valence-corrected chi connectivity index (χ2v) is 16.1. The average Bonchev–Trinajstić information content (AvgIpc) is 1.62. The maximum absolute atomic E-state index is 6.86. The van der Waals surface area contributed by atoms with Crippen LogP contribution >= 0.6 is 37.2 Å². The number of hydrogen-bond donors (Lipinski definition) is 2. The quantitative estimate of drug-likeness (QED) is 0.280. The topological polar surface area (TPSA) is 120 Å². The maximum atomic E-state index is 6.86. The van der Waals surface area contributed by atoms with Crippen molar-refractivity contribution in [1.29, 1.82) is 11.1 Å². The van der Waals surface area contributed by atoms with E-state index >= 15 is 0 Å². The van der Waals surface area contributed by atoms with Crippen LogP contribution in [0.1, 0.15) is 0 Å². The van der Waals surface area contributed by atoms with Crippen LogP contribution in [0.2, 0.25) is 0 Å². The SMILES string of the molecule is [Cl][Ti]([Cl])([Cl])[Cl].[N-]=[N+]=N.[N-]=[N+]=N. The normalized spacial score (nSPS) is 6.91. The molecule has 0 saturated carbocycles. The van der Waals surface area contributed by atoms with E-state index in [0.717, 1.165) is 0 Å².